The minimum atomic E-state index is -3.75. The van der Waals surface area contributed by atoms with Crippen LogP contribution in [0.2, 0.25) is 0 Å². The fourth-order valence-corrected chi connectivity index (χ4v) is 4.38. The molecule has 0 fully saturated rings. The summed E-state index contributed by atoms with van der Waals surface area (Å²) < 4.78 is 36.9. The Morgan fingerprint density at radius 2 is 2.10 bits per heavy atom. The van der Waals surface area contributed by atoms with E-state index in [0.29, 0.717) is 18.8 Å². The smallest absolute Gasteiger partial charge is 0.349 e. The van der Waals surface area contributed by atoms with Gasteiger partial charge in [-0.3, -0.25) is 0 Å². The van der Waals surface area contributed by atoms with Gasteiger partial charge in [-0.1, -0.05) is 13.3 Å². The van der Waals surface area contributed by atoms with Crippen LogP contribution in [0.15, 0.2) is 10.3 Å². The van der Waals surface area contributed by atoms with Crippen molar-refractivity contribution in [2.45, 2.75) is 31.6 Å². The van der Waals surface area contributed by atoms with Crippen molar-refractivity contribution in [1.82, 2.24) is 4.72 Å². The number of hydrogen-bond donors (Lipinski definition) is 1. The van der Waals surface area contributed by atoms with Gasteiger partial charge in [0, 0.05) is 13.2 Å². The van der Waals surface area contributed by atoms with Crippen molar-refractivity contribution >= 4 is 27.3 Å². The first kappa shape index (κ1) is 18.1. The van der Waals surface area contributed by atoms with E-state index in [1.165, 1.54) is 7.11 Å². The van der Waals surface area contributed by atoms with E-state index in [2.05, 4.69) is 16.4 Å². The molecule has 1 N–H and O–H groups in total. The molecule has 0 saturated carbocycles. The number of hydrogen-bond acceptors (Lipinski definition) is 6. The lowest BCUT2D eigenvalue weighted by Crippen LogP contribution is -2.29. The van der Waals surface area contributed by atoms with Gasteiger partial charge in [-0.05, 0) is 24.3 Å². The Morgan fingerprint density at radius 3 is 2.71 bits per heavy atom. The summed E-state index contributed by atoms with van der Waals surface area (Å²) in [6, 6.07) is 0. The van der Waals surface area contributed by atoms with Crippen molar-refractivity contribution in [3.05, 3.63) is 15.8 Å². The van der Waals surface area contributed by atoms with Crippen LogP contribution < -0.4 is 4.72 Å². The first-order valence-electron chi connectivity index (χ1n) is 6.67. The van der Waals surface area contributed by atoms with Gasteiger partial charge in [0.2, 0.25) is 10.0 Å². The van der Waals surface area contributed by atoms with Gasteiger partial charge in [0.05, 0.1) is 13.7 Å². The maximum Gasteiger partial charge on any atom is 0.349 e. The summed E-state index contributed by atoms with van der Waals surface area (Å²) in [5, 5.41) is 1.62. The fraction of sp³-hybridized carbons (Fsp3) is 0.615. The highest BCUT2D eigenvalue weighted by atomic mass is 32.2. The van der Waals surface area contributed by atoms with Crippen LogP contribution in [-0.4, -0.2) is 41.3 Å². The highest BCUT2D eigenvalue weighted by Crippen LogP contribution is 2.27. The van der Waals surface area contributed by atoms with Crippen LogP contribution in [0.5, 0.6) is 0 Å². The number of sulfonamides is 1. The number of ether oxygens (including phenoxy) is 2. The lowest BCUT2D eigenvalue weighted by atomic mass is 10.3. The minimum absolute atomic E-state index is 0.00657. The molecular formula is C13H21NO5S2. The molecule has 21 heavy (non-hydrogen) atoms. The Labute approximate surface area is 129 Å². The summed E-state index contributed by atoms with van der Waals surface area (Å²) in [7, 11) is -2.52. The maximum absolute atomic E-state index is 12.3. The molecule has 0 aliphatic carbocycles. The molecule has 0 saturated heterocycles. The summed E-state index contributed by atoms with van der Waals surface area (Å²) in [5.41, 5.74) is 0.528. The second-order valence-corrected chi connectivity index (χ2v) is 7.02. The molecule has 0 aliphatic rings. The molecule has 0 atom stereocenters. The quantitative estimate of drug-likeness (QED) is 0.551. The molecule has 1 heterocycles. The van der Waals surface area contributed by atoms with E-state index < -0.39 is 16.0 Å². The van der Waals surface area contributed by atoms with Gasteiger partial charge >= 0.3 is 5.97 Å². The Morgan fingerprint density at radius 1 is 1.38 bits per heavy atom. The SMILES string of the molecule is CCCCOCCNS(=O)(=O)c1c(C)csc1C(=O)OC. The predicted octanol–water partition coefficient (Wildman–Crippen LogP) is 1.94. The zero-order valence-corrected chi connectivity index (χ0v) is 14.1. The lowest BCUT2D eigenvalue weighted by molar-refractivity contribution is 0.0602. The summed E-state index contributed by atoms with van der Waals surface area (Å²) in [4.78, 5) is 11.7. The second-order valence-electron chi connectivity index (χ2n) is 4.43. The molecule has 0 unspecified atom stereocenters. The molecule has 1 rings (SSSR count). The van der Waals surface area contributed by atoms with Crippen LogP contribution in [0.4, 0.5) is 0 Å². The zero-order chi connectivity index (χ0) is 15.9. The third-order valence-corrected chi connectivity index (χ3v) is 5.59. The second kappa shape index (κ2) is 8.47. The van der Waals surface area contributed by atoms with Gasteiger partial charge in [0.1, 0.15) is 9.77 Å². The van der Waals surface area contributed by atoms with E-state index in [1.807, 2.05) is 0 Å². The molecule has 0 aromatic carbocycles. The topological polar surface area (TPSA) is 81.7 Å². The number of nitrogens with one attached hydrogen (secondary N) is 1. The standard InChI is InChI=1S/C13H21NO5S2/c1-4-5-7-19-8-6-14-21(16,17)12-10(2)9-20-11(12)13(15)18-3/h9,14H,4-8H2,1-3H3. The van der Waals surface area contributed by atoms with Crippen LogP contribution in [0.3, 0.4) is 0 Å². The molecule has 8 heteroatoms. The number of rotatable bonds is 9. The third-order valence-electron chi connectivity index (χ3n) is 2.74. The molecule has 0 radical (unpaired) electrons. The zero-order valence-electron chi connectivity index (χ0n) is 12.5. The maximum atomic E-state index is 12.3. The number of thiophene rings is 1. The summed E-state index contributed by atoms with van der Waals surface area (Å²) >= 11 is 1.06. The fourth-order valence-electron chi connectivity index (χ4n) is 1.67. The van der Waals surface area contributed by atoms with Gasteiger partial charge in [-0.2, -0.15) is 0 Å². The average Bonchev–Trinajstić information content (AvgIpc) is 2.84. The largest absolute Gasteiger partial charge is 0.465 e. The lowest BCUT2D eigenvalue weighted by Gasteiger charge is -2.09. The highest BCUT2D eigenvalue weighted by molar-refractivity contribution is 7.89. The van der Waals surface area contributed by atoms with Crippen LogP contribution in [-0.2, 0) is 19.5 Å². The first-order valence-corrected chi connectivity index (χ1v) is 9.04. The molecule has 120 valence electrons. The summed E-state index contributed by atoms with van der Waals surface area (Å²) in [5.74, 6) is -0.646. The van der Waals surface area contributed by atoms with Crippen molar-refractivity contribution in [2.75, 3.05) is 26.9 Å². The molecule has 0 amide bonds. The average molecular weight is 335 g/mol. The summed E-state index contributed by atoms with van der Waals surface area (Å²) in [6.45, 7) is 4.79. The van der Waals surface area contributed by atoms with Crippen molar-refractivity contribution in [1.29, 1.82) is 0 Å². The van der Waals surface area contributed by atoms with E-state index in [-0.39, 0.29) is 16.3 Å². The van der Waals surface area contributed by atoms with Gasteiger partial charge in [0.25, 0.3) is 0 Å². The van der Waals surface area contributed by atoms with Crippen molar-refractivity contribution < 1.29 is 22.7 Å². The van der Waals surface area contributed by atoms with Gasteiger partial charge in [-0.15, -0.1) is 11.3 Å². The monoisotopic (exact) mass is 335 g/mol. The third kappa shape index (κ3) is 5.06. The van der Waals surface area contributed by atoms with Crippen molar-refractivity contribution in [3.8, 4) is 0 Å². The molecule has 0 aliphatic heterocycles. The number of methoxy groups -OCH3 is 1. The molecule has 1 aromatic heterocycles. The highest BCUT2D eigenvalue weighted by Gasteiger charge is 2.27. The van der Waals surface area contributed by atoms with E-state index >= 15 is 0 Å². The molecule has 6 nitrogen and oxygen atoms in total. The van der Waals surface area contributed by atoms with Gasteiger partial charge < -0.3 is 9.47 Å². The number of carbonyl (C=O) groups is 1. The van der Waals surface area contributed by atoms with E-state index in [0.717, 1.165) is 24.2 Å². The molecular weight excluding hydrogens is 314 g/mol. The Kier molecular flexibility index (Phi) is 7.30. The normalized spacial score (nSPS) is 11.6. The van der Waals surface area contributed by atoms with Crippen molar-refractivity contribution in [3.63, 3.8) is 0 Å². The van der Waals surface area contributed by atoms with Gasteiger partial charge in [0.15, 0.2) is 0 Å². The summed E-state index contributed by atoms with van der Waals surface area (Å²) in [6.07, 6.45) is 1.98. The molecule has 1 aromatic rings. The Hall–Kier alpha value is -0.960. The van der Waals surface area contributed by atoms with Crippen molar-refractivity contribution in [2.24, 2.45) is 0 Å². The Balaban J connectivity index is 2.70. The van der Waals surface area contributed by atoms with E-state index in [1.54, 1.807) is 12.3 Å². The number of esters is 1. The predicted molar refractivity (Wildman–Crippen MR) is 81.3 cm³/mol. The van der Waals surface area contributed by atoms with Crippen LogP contribution >= 0.6 is 11.3 Å². The van der Waals surface area contributed by atoms with Crippen LogP contribution in [0, 0.1) is 6.92 Å². The van der Waals surface area contributed by atoms with Gasteiger partial charge in [-0.25, -0.2) is 17.9 Å². The number of unbranched alkanes of at least 4 members (excludes halogenated alkanes) is 1. The number of carbonyl (C=O) groups excluding carboxylic acids is 1. The number of aryl methyl sites for hydroxylation is 1. The first-order chi connectivity index (χ1) is 9.94. The van der Waals surface area contributed by atoms with E-state index in [9.17, 15) is 13.2 Å². The van der Waals surface area contributed by atoms with Crippen LogP contribution in [0.25, 0.3) is 0 Å². The van der Waals surface area contributed by atoms with Crippen LogP contribution in [0.1, 0.15) is 35.0 Å². The molecule has 0 spiro atoms. The van der Waals surface area contributed by atoms with E-state index in [4.69, 9.17) is 4.74 Å². The minimum Gasteiger partial charge on any atom is -0.465 e. The Bertz CT molecular complexity index is 565. The molecule has 0 bridgehead atoms.